The topological polar surface area (TPSA) is 77.1 Å². The Morgan fingerprint density at radius 3 is 2.63 bits per heavy atom. The lowest BCUT2D eigenvalue weighted by Crippen LogP contribution is -2.45. The molecule has 1 aromatic rings. The van der Waals surface area contributed by atoms with E-state index in [1.807, 2.05) is 0 Å². The standard InChI is InChI=1S/C13H23N3O2S/c1-16-8-7-12(10-16)19(17,18)15-13(9-14)11-5-3-2-4-6-11/h7-8,10-11,13,15H,2-6,9,14H2,1H3. The van der Waals surface area contributed by atoms with Gasteiger partial charge in [-0.2, -0.15) is 0 Å². The average molecular weight is 285 g/mol. The van der Waals surface area contributed by atoms with Crippen LogP contribution in [0.5, 0.6) is 0 Å². The van der Waals surface area contributed by atoms with Crippen LogP contribution in [0.2, 0.25) is 0 Å². The van der Waals surface area contributed by atoms with E-state index in [1.165, 1.54) is 19.3 Å². The second kappa shape index (κ2) is 6.07. The first-order chi connectivity index (χ1) is 9.03. The van der Waals surface area contributed by atoms with Crippen LogP contribution in [0, 0.1) is 5.92 Å². The van der Waals surface area contributed by atoms with Crippen LogP contribution in [0.25, 0.3) is 0 Å². The summed E-state index contributed by atoms with van der Waals surface area (Å²) < 4.78 is 29.1. The van der Waals surface area contributed by atoms with E-state index in [1.54, 1.807) is 30.1 Å². The maximum absolute atomic E-state index is 12.3. The number of hydrogen-bond donors (Lipinski definition) is 2. The summed E-state index contributed by atoms with van der Waals surface area (Å²) in [6.07, 6.45) is 9.07. The van der Waals surface area contributed by atoms with Crippen LogP contribution >= 0.6 is 0 Å². The van der Waals surface area contributed by atoms with Gasteiger partial charge in [0.05, 0.1) is 4.90 Å². The number of nitrogens with two attached hydrogens (primary N) is 1. The summed E-state index contributed by atoms with van der Waals surface area (Å²) >= 11 is 0. The largest absolute Gasteiger partial charge is 0.356 e. The van der Waals surface area contributed by atoms with E-state index in [0.29, 0.717) is 17.4 Å². The molecule has 0 amide bonds. The Kier molecular flexibility index (Phi) is 4.65. The van der Waals surface area contributed by atoms with Crippen LogP contribution in [-0.2, 0) is 17.1 Å². The van der Waals surface area contributed by atoms with Gasteiger partial charge in [0.1, 0.15) is 0 Å². The molecule has 0 aromatic carbocycles. The quantitative estimate of drug-likeness (QED) is 0.853. The highest BCUT2D eigenvalue weighted by Crippen LogP contribution is 2.27. The fraction of sp³-hybridized carbons (Fsp3) is 0.692. The first kappa shape index (κ1) is 14.6. The summed E-state index contributed by atoms with van der Waals surface area (Å²) in [7, 11) is -1.64. The van der Waals surface area contributed by atoms with Crippen LogP contribution in [0.3, 0.4) is 0 Å². The van der Waals surface area contributed by atoms with Crippen LogP contribution < -0.4 is 10.5 Å². The van der Waals surface area contributed by atoms with E-state index in [2.05, 4.69) is 4.72 Å². The summed E-state index contributed by atoms with van der Waals surface area (Å²) in [5, 5.41) is 0. The summed E-state index contributed by atoms with van der Waals surface area (Å²) in [6, 6.07) is 1.46. The van der Waals surface area contributed by atoms with Crippen molar-refractivity contribution in [2.75, 3.05) is 6.54 Å². The minimum absolute atomic E-state index is 0.148. The molecule has 1 saturated carbocycles. The molecule has 108 valence electrons. The Morgan fingerprint density at radius 1 is 1.42 bits per heavy atom. The normalized spacial score (nSPS) is 19.5. The Bertz CT molecular complexity index is 504. The van der Waals surface area contributed by atoms with Crippen molar-refractivity contribution in [1.29, 1.82) is 0 Å². The van der Waals surface area contributed by atoms with Crippen molar-refractivity contribution in [3.05, 3.63) is 18.5 Å². The number of rotatable bonds is 5. The van der Waals surface area contributed by atoms with Gasteiger partial charge in [0.15, 0.2) is 0 Å². The Balaban J connectivity index is 2.08. The van der Waals surface area contributed by atoms with E-state index in [9.17, 15) is 8.42 Å². The second-order valence-corrected chi connectivity index (χ2v) is 7.09. The molecular weight excluding hydrogens is 262 g/mol. The van der Waals surface area contributed by atoms with Crippen molar-refractivity contribution in [3.8, 4) is 0 Å². The lowest BCUT2D eigenvalue weighted by molar-refractivity contribution is 0.294. The fourth-order valence-corrected chi connectivity index (χ4v) is 4.15. The van der Waals surface area contributed by atoms with Gasteiger partial charge in [-0.05, 0) is 24.8 Å². The van der Waals surface area contributed by atoms with Gasteiger partial charge in [0.2, 0.25) is 10.0 Å². The van der Waals surface area contributed by atoms with Crippen molar-refractivity contribution in [2.24, 2.45) is 18.7 Å². The van der Waals surface area contributed by atoms with Gasteiger partial charge >= 0.3 is 0 Å². The van der Waals surface area contributed by atoms with Crippen molar-refractivity contribution in [3.63, 3.8) is 0 Å². The molecule has 0 saturated heterocycles. The van der Waals surface area contributed by atoms with Crippen LogP contribution in [0.15, 0.2) is 23.4 Å². The Hall–Kier alpha value is -0.850. The van der Waals surface area contributed by atoms with Crippen LogP contribution in [0.4, 0.5) is 0 Å². The van der Waals surface area contributed by atoms with Gasteiger partial charge < -0.3 is 10.3 Å². The number of sulfonamides is 1. The molecule has 0 aliphatic heterocycles. The zero-order valence-electron chi connectivity index (χ0n) is 11.4. The third kappa shape index (κ3) is 3.58. The third-order valence-electron chi connectivity index (χ3n) is 3.89. The molecule has 1 aromatic heterocycles. The molecule has 0 radical (unpaired) electrons. The number of nitrogens with one attached hydrogen (secondary N) is 1. The molecule has 0 bridgehead atoms. The number of aromatic nitrogens is 1. The van der Waals surface area contributed by atoms with Gasteiger partial charge in [0, 0.05) is 32.0 Å². The minimum Gasteiger partial charge on any atom is -0.356 e. The van der Waals surface area contributed by atoms with Gasteiger partial charge in [-0.3, -0.25) is 0 Å². The SMILES string of the molecule is Cn1ccc(S(=O)(=O)NC(CN)C2CCCCC2)c1. The fourth-order valence-electron chi connectivity index (χ4n) is 2.78. The van der Waals surface area contributed by atoms with Crippen LogP contribution in [-0.4, -0.2) is 25.6 Å². The zero-order valence-corrected chi connectivity index (χ0v) is 12.2. The molecule has 19 heavy (non-hydrogen) atoms. The molecule has 1 heterocycles. The molecule has 0 spiro atoms. The Morgan fingerprint density at radius 2 is 2.11 bits per heavy atom. The van der Waals surface area contributed by atoms with Gasteiger partial charge in [0.25, 0.3) is 0 Å². The van der Waals surface area contributed by atoms with Gasteiger partial charge in [-0.15, -0.1) is 0 Å². The van der Waals surface area contributed by atoms with E-state index in [-0.39, 0.29) is 6.04 Å². The summed E-state index contributed by atoms with van der Waals surface area (Å²) in [5.74, 6) is 0.372. The molecule has 1 unspecified atom stereocenters. The van der Waals surface area contributed by atoms with Crippen molar-refractivity contribution in [2.45, 2.75) is 43.0 Å². The van der Waals surface area contributed by atoms with Crippen LogP contribution in [0.1, 0.15) is 32.1 Å². The maximum Gasteiger partial charge on any atom is 0.242 e. The van der Waals surface area contributed by atoms with Crippen molar-refractivity contribution in [1.82, 2.24) is 9.29 Å². The highest BCUT2D eigenvalue weighted by atomic mass is 32.2. The molecule has 1 aliphatic rings. The van der Waals surface area contributed by atoms with E-state index in [4.69, 9.17) is 5.73 Å². The van der Waals surface area contributed by atoms with E-state index >= 15 is 0 Å². The third-order valence-corrected chi connectivity index (χ3v) is 5.37. The number of hydrogen-bond acceptors (Lipinski definition) is 3. The first-order valence-corrected chi connectivity index (χ1v) is 8.35. The predicted molar refractivity (Wildman–Crippen MR) is 75.2 cm³/mol. The zero-order chi connectivity index (χ0) is 13.9. The van der Waals surface area contributed by atoms with E-state index in [0.717, 1.165) is 12.8 Å². The summed E-state index contributed by atoms with van der Waals surface area (Å²) in [5.41, 5.74) is 5.76. The monoisotopic (exact) mass is 285 g/mol. The lowest BCUT2D eigenvalue weighted by atomic mass is 9.84. The molecular formula is C13H23N3O2S. The van der Waals surface area contributed by atoms with Gasteiger partial charge in [-0.25, -0.2) is 13.1 Å². The number of aryl methyl sites for hydroxylation is 1. The summed E-state index contributed by atoms with van der Waals surface area (Å²) in [4.78, 5) is 0.309. The highest BCUT2D eigenvalue weighted by molar-refractivity contribution is 7.89. The summed E-state index contributed by atoms with van der Waals surface area (Å²) in [6.45, 7) is 0.358. The lowest BCUT2D eigenvalue weighted by Gasteiger charge is -2.29. The van der Waals surface area contributed by atoms with Crippen molar-refractivity contribution >= 4 is 10.0 Å². The molecule has 6 heteroatoms. The van der Waals surface area contributed by atoms with Gasteiger partial charge in [-0.1, -0.05) is 19.3 Å². The molecule has 2 rings (SSSR count). The maximum atomic E-state index is 12.3. The second-order valence-electron chi connectivity index (χ2n) is 5.37. The smallest absolute Gasteiger partial charge is 0.242 e. The molecule has 1 atom stereocenters. The molecule has 1 fully saturated rings. The first-order valence-electron chi connectivity index (χ1n) is 6.87. The molecule has 1 aliphatic carbocycles. The van der Waals surface area contributed by atoms with Crippen molar-refractivity contribution < 1.29 is 8.42 Å². The molecule has 3 N–H and O–H groups in total. The highest BCUT2D eigenvalue weighted by Gasteiger charge is 2.27. The minimum atomic E-state index is -3.45. The number of nitrogens with zero attached hydrogens (tertiary/aromatic N) is 1. The molecule has 5 nitrogen and oxygen atoms in total. The predicted octanol–water partition coefficient (Wildman–Crippen LogP) is 1.21. The van der Waals surface area contributed by atoms with E-state index < -0.39 is 10.0 Å². The Labute approximate surface area is 115 Å². The average Bonchev–Trinajstić information content (AvgIpc) is 2.85.